The number of rotatable bonds is 6. The van der Waals surface area contributed by atoms with Crippen LogP contribution < -0.4 is 5.32 Å². The second-order valence-corrected chi connectivity index (χ2v) is 8.76. The van der Waals surface area contributed by atoms with Crippen molar-refractivity contribution in [1.29, 1.82) is 0 Å². The van der Waals surface area contributed by atoms with Gasteiger partial charge in [0.2, 0.25) is 0 Å². The summed E-state index contributed by atoms with van der Waals surface area (Å²) in [6.45, 7) is 7.05. The summed E-state index contributed by atoms with van der Waals surface area (Å²) in [7, 11) is -3.05. The summed E-state index contributed by atoms with van der Waals surface area (Å²) in [5.41, 5.74) is 1.09. The summed E-state index contributed by atoms with van der Waals surface area (Å²) < 4.78 is 29.6. The summed E-state index contributed by atoms with van der Waals surface area (Å²) in [6.07, 6.45) is 1.33. The SMILES string of the molecule is CCNCc1cc(CN2CCSCC2S(C)(=O)=O)c(C)o1. The lowest BCUT2D eigenvalue weighted by molar-refractivity contribution is 0.260. The second-order valence-electron chi connectivity index (χ2n) is 5.40. The molecule has 1 fully saturated rings. The molecule has 0 saturated carbocycles. The van der Waals surface area contributed by atoms with Gasteiger partial charge in [0, 0.05) is 36.4 Å². The minimum Gasteiger partial charge on any atom is -0.465 e. The van der Waals surface area contributed by atoms with Crippen LogP contribution in [0.4, 0.5) is 0 Å². The largest absolute Gasteiger partial charge is 0.465 e. The Balaban J connectivity index is 2.10. The van der Waals surface area contributed by atoms with Crippen molar-refractivity contribution in [3.8, 4) is 0 Å². The molecule has 1 N–H and O–H groups in total. The molecule has 2 rings (SSSR count). The fourth-order valence-corrected chi connectivity index (χ4v) is 5.43. The van der Waals surface area contributed by atoms with E-state index in [1.807, 2.05) is 13.0 Å². The van der Waals surface area contributed by atoms with Gasteiger partial charge in [0.05, 0.1) is 6.54 Å². The van der Waals surface area contributed by atoms with Crippen molar-refractivity contribution < 1.29 is 12.8 Å². The fourth-order valence-electron chi connectivity index (χ4n) is 2.49. The Labute approximate surface area is 131 Å². The molecule has 0 aromatic carbocycles. The quantitative estimate of drug-likeness (QED) is 0.854. The lowest BCUT2D eigenvalue weighted by atomic mass is 10.2. The van der Waals surface area contributed by atoms with E-state index in [-0.39, 0.29) is 5.37 Å². The van der Waals surface area contributed by atoms with Crippen LogP contribution in [0.3, 0.4) is 0 Å². The molecule has 1 aromatic rings. The molecule has 2 heterocycles. The van der Waals surface area contributed by atoms with Gasteiger partial charge >= 0.3 is 0 Å². The van der Waals surface area contributed by atoms with Crippen LogP contribution in [0, 0.1) is 6.92 Å². The third kappa shape index (κ3) is 4.48. The van der Waals surface area contributed by atoms with E-state index < -0.39 is 9.84 Å². The van der Waals surface area contributed by atoms with Gasteiger partial charge in [0.15, 0.2) is 9.84 Å². The predicted octanol–water partition coefficient (Wildman–Crippen LogP) is 1.62. The minimum absolute atomic E-state index is 0.386. The number of hydrogen-bond donors (Lipinski definition) is 1. The van der Waals surface area contributed by atoms with Gasteiger partial charge in [-0.2, -0.15) is 11.8 Å². The zero-order chi connectivity index (χ0) is 15.5. The first-order chi connectivity index (χ1) is 9.91. The number of hydrogen-bond acceptors (Lipinski definition) is 6. The van der Waals surface area contributed by atoms with E-state index in [0.29, 0.717) is 18.8 Å². The normalized spacial score (nSPS) is 20.8. The van der Waals surface area contributed by atoms with Crippen LogP contribution in [0.25, 0.3) is 0 Å². The molecular weight excluding hydrogens is 308 g/mol. The number of nitrogens with one attached hydrogen (secondary N) is 1. The summed E-state index contributed by atoms with van der Waals surface area (Å²) >= 11 is 1.71. The van der Waals surface area contributed by atoms with Crippen LogP contribution in [-0.2, 0) is 22.9 Å². The summed E-state index contributed by atoms with van der Waals surface area (Å²) in [4.78, 5) is 2.06. The molecule has 7 heteroatoms. The highest BCUT2D eigenvalue weighted by atomic mass is 32.2. The molecule has 1 atom stereocenters. The Morgan fingerprint density at radius 2 is 2.29 bits per heavy atom. The van der Waals surface area contributed by atoms with E-state index in [1.54, 1.807) is 11.8 Å². The number of furan rings is 1. The molecule has 0 bridgehead atoms. The molecule has 0 amide bonds. The molecule has 0 aliphatic carbocycles. The van der Waals surface area contributed by atoms with Crippen LogP contribution in [0.2, 0.25) is 0 Å². The summed E-state index contributed by atoms with van der Waals surface area (Å²) in [5, 5.41) is 2.85. The molecule has 120 valence electrons. The summed E-state index contributed by atoms with van der Waals surface area (Å²) in [6, 6.07) is 2.04. The number of aryl methyl sites for hydroxylation is 1. The molecule has 0 spiro atoms. The monoisotopic (exact) mass is 332 g/mol. The number of thioether (sulfide) groups is 1. The lowest BCUT2D eigenvalue weighted by Gasteiger charge is -2.33. The topological polar surface area (TPSA) is 62.6 Å². The van der Waals surface area contributed by atoms with Crippen LogP contribution in [0.1, 0.15) is 24.0 Å². The van der Waals surface area contributed by atoms with E-state index in [0.717, 1.165) is 35.9 Å². The molecule has 1 unspecified atom stereocenters. The van der Waals surface area contributed by atoms with Gasteiger partial charge < -0.3 is 9.73 Å². The van der Waals surface area contributed by atoms with E-state index in [2.05, 4.69) is 17.1 Å². The van der Waals surface area contributed by atoms with Crippen molar-refractivity contribution in [3.63, 3.8) is 0 Å². The Kier molecular flexibility index (Phi) is 5.76. The van der Waals surface area contributed by atoms with Crippen molar-refractivity contribution in [2.75, 3.05) is 30.9 Å². The molecule has 1 aliphatic rings. The van der Waals surface area contributed by atoms with Crippen LogP contribution in [-0.4, -0.2) is 49.5 Å². The van der Waals surface area contributed by atoms with Crippen molar-refractivity contribution in [3.05, 3.63) is 23.2 Å². The van der Waals surface area contributed by atoms with Crippen LogP contribution in [0.5, 0.6) is 0 Å². The first-order valence-electron chi connectivity index (χ1n) is 7.21. The maximum Gasteiger partial charge on any atom is 0.164 e. The molecule has 21 heavy (non-hydrogen) atoms. The number of nitrogens with zero attached hydrogens (tertiary/aromatic N) is 1. The van der Waals surface area contributed by atoms with Gasteiger partial charge in [-0.05, 0) is 19.5 Å². The van der Waals surface area contributed by atoms with Gasteiger partial charge in [-0.1, -0.05) is 6.92 Å². The lowest BCUT2D eigenvalue weighted by Crippen LogP contribution is -2.46. The maximum atomic E-state index is 11.9. The second kappa shape index (κ2) is 7.17. The van der Waals surface area contributed by atoms with Gasteiger partial charge in [0.1, 0.15) is 16.9 Å². The van der Waals surface area contributed by atoms with Crippen molar-refractivity contribution in [1.82, 2.24) is 10.2 Å². The van der Waals surface area contributed by atoms with Crippen LogP contribution in [0.15, 0.2) is 10.5 Å². The average molecular weight is 332 g/mol. The minimum atomic E-state index is -3.05. The highest BCUT2D eigenvalue weighted by molar-refractivity contribution is 8.00. The Bertz CT molecular complexity index is 569. The molecule has 1 aliphatic heterocycles. The van der Waals surface area contributed by atoms with Crippen LogP contribution >= 0.6 is 11.8 Å². The van der Waals surface area contributed by atoms with Crippen molar-refractivity contribution >= 4 is 21.6 Å². The molecule has 1 saturated heterocycles. The van der Waals surface area contributed by atoms with E-state index in [4.69, 9.17) is 4.42 Å². The maximum absolute atomic E-state index is 11.9. The Morgan fingerprint density at radius 1 is 1.52 bits per heavy atom. The molecular formula is C14H24N2O3S2. The number of sulfone groups is 1. The van der Waals surface area contributed by atoms with Gasteiger partial charge in [-0.3, -0.25) is 4.90 Å². The standard InChI is InChI=1S/C14H24N2O3S2/c1-4-15-8-13-7-12(11(2)19-13)9-16-5-6-20-10-14(16)21(3,17)18/h7,14-15H,4-6,8-10H2,1-3H3. The van der Waals surface area contributed by atoms with E-state index >= 15 is 0 Å². The summed E-state index contributed by atoms with van der Waals surface area (Å²) in [5.74, 6) is 3.42. The smallest absolute Gasteiger partial charge is 0.164 e. The molecule has 1 aromatic heterocycles. The highest BCUT2D eigenvalue weighted by Gasteiger charge is 2.31. The molecule has 0 radical (unpaired) electrons. The Hall–Kier alpha value is -0.500. The first kappa shape index (κ1) is 16.9. The third-order valence-electron chi connectivity index (χ3n) is 3.68. The predicted molar refractivity (Wildman–Crippen MR) is 87.2 cm³/mol. The highest BCUT2D eigenvalue weighted by Crippen LogP contribution is 2.24. The average Bonchev–Trinajstić information content (AvgIpc) is 2.76. The third-order valence-corrected chi connectivity index (χ3v) is 6.37. The van der Waals surface area contributed by atoms with Gasteiger partial charge in [0.25, 0.3) is 0 Å². The van der Waals surface area contributed by atoms with Crippen molar-refractivity contribution in [2.24, 2.45) is 0 Å². The zero-order valence-corrected chi connectivity index (χ0v) is 14.5. The van der Waals surface area contributed by atoms with E-state index in [1.165, 1.54) is 6.26 Å². The van der Waals surface area contributed by atoms with Gasteiger partial charge in [-0.15, -0.1) is 0 Å². The van der Waals surface area contributed by atoms with E-state index in [9.17, 15) is 8.42 Å². The Morgan fingerprint density at radius 3 is 2.95 bits per heavy atom. The zero-order valence-electron chi connectivity index (χ0n) is 12.9. The fraction of sp³-hybridized carbons (Fsp3) is 0.714. The van der Waals surface area contributed by atoms with Gasteiger partial charge in [-0.25, -0.2) is 8.42 Å². The first-order valence-corrected chi connectivity index (χ1v) is 10.3. The molecule has 5 nitrogen and oxygen atoms in total. The van der Waals surface area contributed by atoms with Crippen molar-refractivity contribution in [2.45, 2.75) is 32.3 Å².